The van der Waals surface area contributed by atoms with E-state index in [0.29, 0.717) is 18.0 Å². The van der Waals surface area contributed by atoms with Crippen LogP contribution in [0.3, 0.4) is 0 Å². The number of halogens is 1. The van der Waals surface area contributed by atoms with Crippen LogP contribution in [0.25, 0.3) is 0 Å². The highest BCUT2D eigenvalue weighted by Gasteiger charge is 2.26. The van der Waals surface area contributed by atoms with E-state index >= 15 is 0 Å². The lowest BCUT2D eigenvalue weighted by molar-refractivity contribution is 0.0661. The normalized spacial score (nSPS) is 18.2. The summed E-state index contributed by atoms with van der Waals surface area (Å²) in [5, 5.41) is 0. The zero-order valence-electron chi connectivity index (χ0n) is 16.0. The van der Waals surface area contributed by atoms with Crippen molar-refractivity contribution in [3.8, 4) is 0 Å². The summed E-state index contributed by atoms with van der Waals surface area (Å²) in [5.41, 5.74) is 7.25. The summed E-state index contributed by atoms with van der Waals surface area (Å²) < 4.78 is 25.2. The van der Waals surface area contributed by atoms with E-state index in [0.717, 1.165) is 24.9 Å². The predicted molar refractivity (Wildman–Crippen MR) is 113 cm³/mol. The standard InChI is InChI=1S/C21H26N2O3S.ClH/c1-16(22)19-8-5-13-23(14-19)21(24)18-9-11-20(12-10-18)27(25,26)15-17-6-3-2-4-7-17;/h2-4,6-7,9-12,16,19H,5,8,13-15,22H2,1H3;1H. The highest BCUT2D eigenvalue weighted by Crippen LogP contribution is 2.22. The molecule has 5 nitrogen and oxygen atoms in total. The summed E-state index contributed by atoms with van der Waals surface area (Å²) in [4.78, 5) is 14.8. The van der Waals surface area contributed by atoms with Gasteiger partial charge < -0.3 is 10.6 Å². The van der Waals surface area contributed by atoms with Crippen molar-refractivity contribution >= 4 is 28.2 Å². The van der Waals surface area contributed by atoms with Crippen LogP contribution >= 0.6 is 12.4 Å². The molecule has 0 aromatic heterocycles. The van der Waals surface area contributed by atoms with Crippen molar-refractivity contribution in [1.82, 2.24) is 4.90 Å². The Morgan fingerprint density at radius 2 is 1.79 bits per heavy atom. The highest BCUT2D eigenvalue weighted by atomic mass is 35.5. The van der Waals surface area contributed by atoms with Gasteiger partial charge in [-0.3, -0.25) is 4.79 Å². The first-order valence-corrected chi connectivity index (χ1v) is 10.9. The van der Waals surface area contributed by atoms with Crippen molar-refractivity contribution in [3.05, 3.63) is 65.7 Å². The van der Waals surface area contributed by atoms with Crippen LogP contribution < -0.4 is 5.73 Å². The van der Waals surface area contributed by atoms with E-state index in [1.54, 1.807) is 24.3 Å². The quantitative estimate of drug-likeness (QED) is 0.801. The molecule has 0 bridgehead atoms. The maximum Gasteiger partial charge on any atom is 0.253 e. The molecule has 1 aliphatic heterocycles. The molecule has 2 atom stereocenters. The molecule has 1 saturated heterocycles. The fraction of sp³-hybridized carbons (Fsp3) is 0.381. The van der Waals surface area contributed by atoms with Crippen molar-refractivity contribution in [3.63, 3.8) is 0 Å². The van der Waals surface area contributed by atoms with Gasteiger partial charge in [0, 0.05) is 24.7 Å². The second kappa shape index (κ2) is 9.54. The van der Waals surface area contributed by atoms with Gasteiger partial charge in [-0.05, 0) is 55.5 Å². The van der Waals surface area contributed by atoms with Crippen molar-refractivity contribution in [2.75, 3.05) is 13.1 Å². The summed E-state index contributed by atoms with van der Waals surface area (Å²) in [6.45, 7) is 3.35. The Hall–Kier alpha value is -1.89. The Labute approximate surface area is 173 Å². The monoisotopic (exact) mass is 422 g/mol. The van der Waals surface area contributed by atoms with Crippen molar-refractivity contribution in [1.29, 1.82) is 0 Å². The van der Waals surface area contributed by atoms with Gasteiger partial charge in [0.05, 0.1) is 10.6 Å². The van der Waals surface area contributed by atoms with E-state index in [4.69, 9.17) is 5.73 Å². The van der Waals surface area contributed by atoms with Gasteiger partial charge in [-0.25, -0.2) is 8.42 Å². The van der Waals surface area contributed by atoms with E-state index in [2.05, 4.69) is 0 Å². The minimum absolute atomic E-state index is 0. The largest absolute Gasteiger partial charge is 0.338 e. The summed E-state index contributed by atoms with van der Waals surface area (Å²) in [5.74, 6) is 0.198. The number of nitrogens with two attached hydrogens (primary N) is 1. The third-order valence-electron chi connectivity index (χ3n) is 5.15. The SMILES string of the molecule is CC(N)C1CCCN(C(=O)c2ccc(S(=O)(=O)Cc3ccccc3)cc2)C1.Cl. The number of rotatable bonds is 5. The Morgan fingerprint density at radius 3 is 2.39 bits per heavy atom. The third kappa shape index (κ3) is 5.34. The van der Waals surface area contributed by atoms with E-state index < -0.39 is 9.84 Å². The van der Waals surface area contributed by atoms with Crippen LogP contribution in [0, 0.1) is 5.92 Å². The fourth-order valence-electron chi connectivity index (χ4n) is 3.49. The molecule has 152 valence electrons. The lowest BCUT2D eigenvalue weighted by Crippen LogP contribution is -2.45. The summed E-state index contributed by atoms with van der Waals surface area (Å²) >= 11 is 0. The van der Waals surface area contributed by atoms with Crippen LogP contribution in [0.5, 0.6) is 0 Å². The molecule has 2 unspecified atom stereocenters. The number of piperidine rings is 1. The molecule has 0 spiro atoms. The van der Waals surface area contributed by atoms with Crippen molar-refractivity contribution < 1.29 is 13.2 Å². The Balaban J connectivity index is 0.00000280. The topological polar surface area (TPSA) is 80.5 Å². The molecule has 1 heterocycles. The molecular formula is C21H27ClN2O3S. The summed E-state index contributed by atoms with van der Waals surface area (Å²) in [6.07, 6.45) is 1.99. The average Bonchev–Trinajstić information content (AvgIpc) is 2.68. The van der Waals surface area contributed by atoms with Gasteiger partial charge in [-0.15, -0.1) is 12.4 Å². The molecule has 0 aliphatic carbocycles. The van der Waals surface area contributed by atoms with Gasteiger partial charge >= 0.3 is 0 Å². The third-order valence-corrected chi connectivity index (χ3v) is 6.85. The van der Waals surface area contributed by atoms with Crippen LogP contribution in [0.4, 0.5) is 0 Å². The zero-order valence-corrected chi connectivity index (χ0v) is 17.6. The number of carbonyl (C=O) groups excluding carboxylic acids is 1. The van der Waals surface area contributed by atoms with Crippen LogP contribution in [0.1, 0.15) is 35.7 Å². The summed E-state index contributed by atoms with van der Waals surface area (Å²) in [7, 11) is -3.44. The number of hydrogen-bond donors (Lipinski definition) is 1. The molecule has 1 aliphatic rings. The maximum absolute atomic E-state index is 12.8. The lowest BCUT2D eigenvalue weighted by Gasteiger charge is -2.34. The lowest BCUT2D eigenvalue weighted by atomic mass is 9.92. The average molecular weight is 423 g/mol. The molecule has 2 aromatic rings. The molecule has 1 amide bonds. The first-order valence-electron chi connectivity index (χ1n) is 9.28. The van der Waals surface area contributed by atoms with Crippen LogP contribution in [-0.2, 0) is 15.6 Å². The van der Waals surface area contributed by atoms with Gasteiger partial charge in [-0.1, -0.05) is 30.3 Å². The van der Waals surface area contributed by atoms with Gasteiger partial charge in [0.15, 0.2) is 9.84 Å². The van der Waals surface area contributed by atoms with Crippen molar-refractivity contribution in [2.45, 2.75) is 36.5 Å². The molecule has 7 heteroatoms. The number of sulfone groups is 1. The van der Waals surface area contributed by atoms with Gasteiger partial charge in [0.25, 0.3) is 5.91 Å². The van der Waals surface area contributed by atoms with Crippen LogP contribution in [0.15, 0.2) is 59.5 Å². The number of hydrogen-bond acceptors (Lipinski definition) is 4. The fourth-order valence-corrected chi connectivity index (χ4v) is 4.84. The Morgan fingerprint density at radius 1 is 1.14 bits per heavy atom. The molecule has 0 saturated carbocycles. The maximum atomic E-state index is 12.8. The van der Waals surface area contributed by atoms with Crippen LogP contribution in [0.2, 0.25) is 0 Å². The number of nitrogens with zero attached hydrogens (tertiary/aromatic N) is 1. The second-order valence-corrected chi connectivity index (χ2v) is 9.27. The van der Waals surface area contributed by atoms with Gasteiger partial charge in [0.2, 0.25) is 0 Å². The summed E-state index contributed by atoms with van der Waals surface area (Å²) in [6, 6.07) is 15.4. The molecular weight excluding hydrogens is 396 g/mol. The van der Waals surface area contributed by atoms with Gasteiger partial charge in [0.1, 0.15) is 0 Å². The second-order valence-electron chi connectivity index (χ2n) is 7.28. The molecule has 2 aromatic carbocycles. The number of carbonyl (C=O) groups is 1. The minimum Gasteiger partial charge on any atom is -0.338 e. The van der Waals surface area contributed by atoms with E-state index in [1.165, 1.54) is 12.1 Å². The molecule has 0 radical (unpaired) electrons. The van der Waals surface area contributed by atoms with E-state index in [9.17, 15) is 13.2 Å². The van der Waals surface area contributed by atoms with Gasteiger partial charge in [-0.2, -0.15) is 0 Å². The highest BCUT2D eigenvalue weighted by molar-refractivity contribution is 7.90. The Kier molecular flexibility index (Phi) is 7.63. The van der Waals surface area contributed by atoms with E-state index in [1.807, 2.05) is 30.0 Å². The number of benzene rings is 2. The minimum atomic E-state index is -3.44. The Bertz CT molecular complexity index is 884. The van der Waals surface area contributed by atoms with Crippen molar-refractivity contribution in [2.24, 2.45) is 11.7 Å². The molecule has 2 N–H and O–H groups in total. The smallest absolute Gasteiger partial charge is 0.253 e. The molecule has 3 rings (SSSR count). The first kappa shape index (κ1) is 22.4. The molecule has 28 heavy (non-hydrogen) atoms. The van der Waals surface area contributed by atoms with E-state index in [-0.39, 0.29) is 35.0 Å². The zero-order chi connectivity index (χ0) is 19.4. The molecule has 1 fully saturated rings. The van der Waals surface area contributed by atoms with Crippen LogP contribution in [-0.4, -0.2) is 38.4 Å². The predicted octanol–water partition coefficient (Wildman–Crippen LogP) is 3.28. The number of likely N-dealkylation sites (tertiary alicyclic amines) is 1. The first-order chi connectivity index (χ1) is 12.9. The number of amides is 1.